The second kappa shape index (κ2) is 6.16. The topological polar surface area (TPSA) is 145 Å². The van der Waals surface area contributed by atoms with E-state index in [4.69, 9.17) is 15.6 Å². The highest BCUT2D eigenvalue weighted by atomic mass is 16.5. The smallest absolute Gasteiger partial charge is 0.147 e. The van der Waals surface area contributed by atoms with Gasteiger partial charge in [0, 0.05) is 11.1 Å². The molecular weight excluding hydrogens is 302 g/mol. The van der Waals surface area contributed by atoms with E-state index < -0.39 is 37.1 Å². The van der Waals surface area contributed by atoms with E-state index in [0.717, 1.165) is 5.39 Å². The van der Waals surface area contributed by atoms with Crippen molar-refractivity contribution >= 4 is 16.6 Å². The molecule has 2 aromatic rings. The van der Waals surface area contributed by atoms with Crippen LogP contribution in [0.4, 0.5) is 5.69 Å². The molecule has 1 aliphatic rings. The standard InChI is InChI=1S/C15H17N3O5/c16-9-3-7(12-8(4-9)5-17-18-12)1-2-10-13(20)15(22)14(21)11(6-19)23-10/h3-5,10-11,13-15,19-22H,6,16H2,(H,17,18)/t10-,11-,13-,14-,15-/m1/s1. The van der Waals surface area contributed by atoms with E-state index in [1.807, 2.05) is 0 Å². The number of aliphatic hydroxyl groups excluding tert-OH is 4. The van der Waals surface area contributed by atoms with Gasteiger partial charge in [0.05, 0.1) is 23.9 Å². The van der Waals surface area contributed by atoms with Crippen LogP contribution in [0.1, 0.15) is 5.56 Å². The minimum Gasteiger partial charge on any atom is -0.399 e. The van der Waals surface area contributed by atoms with Gasteiger partial charge in [-0.1, -0.05) is 11.8 Å². The van der Waals surface area contributed by atoms with E-state index in [2.05, 4.69) is 22.0 Å². The largest absolute Gasteiger partial charge is 0.399 e. The van der Waals surface area contributed by atoms with Crippen molar-refractivity contribution < 1.29 is 25.2 Å². The Morgan fingerprint density at radius 3 is 2.74 bits per heavy atom. The third-order valence-corrected chi connectivity index (χ3v) is 3.81. The van der Waals surface area contributed by atoms with Crippen molar-refractivity contribution in [3.63, 3.8) is 0 Å². The second-order valence-corrected chi connectivity index (χ2v) is 5.42. The Morgan fingerprint density at radius 2 is 2.00 bits per heavy atom. The lowest BCUT2D eigenvalue weighted by molar-refractivity contribution is -0.214. The third-order valence-electron chi connectivity index (χ3n) is 3.81. The van der Waals surface area contributed by atoms with Gasteiger partial charge >= 0.3 is 0 Å². The first-order valence-corrected chi connectivity index (χ1v) is 7.06. The first-order chi connectivity index (χ1) is 11.0. The predicted octanol–water partition coefficient (Wildman–Crippen LogP) is -1.66. The Balaban J connectivity index is 1.92. The Hall–Kier alpha value is -2.15. The van der Waals surface area contributed by atoms with Crippen LogP contribution in [-0.4, -0.2) is 67.8 Å². The van der Waals surface area contributed by atoms with Gasteiger partial charge in [-0.15, -0.1) is 0 Å². The Morgan fingerprint density at radius 1 is 1.22 bits per heavy atom. The number of H-pyrrole nitrogens is 1. The minimum atomic E-state index is -1.45. The Labute approximate surface area is 131 Å². The molecular formula is C15H17N3O5. The van der Waals surface area contributed by atoms with Crippen molar-refractivity contribution in [1.82, 2.24) is 10.2 Å². The van der Waals surface area contributed by atoms with Gasteiger partial charge in [0.25, 0.3) is 0 Å². The van der Waals surface area contributed by atoms with Crippen molar-refractivity contribution in [2.24, 2.45) is 0 Å². The summed E-state index contributed by atoms with van der Waals surface area (Å²) in [6.45, 7) is -0.494. The highest BCUT2D eigenvalue weighted by Gasteiger charge is 2.42. The number of aromatic nitrogens is 2. The number of benzene rings is 1. The summed E-state index contributed by atoms with van der Waals surface area (Å²) in [6, 6.07) is 3.40. The molecule has 0 unspecified atom stereocenters. The molecule has 1 saturated heterocycles. The molecule has 1 fully saturated rings. The molecule has 0 bridgehead atoms. The fourth-order valence-electron chi connectivity index (χ4n) is 2.55. The van der Waals surface area contributed by atoms with Gasteiger partial charge in [-0.2, -0.15) is 5.10 Å². The number of nitrogens with zero attached hydrogens (tertiary/aromatic N) is 1. The molecule has 7 N–H and O–H groups in total. The van der Waals surface area contributed by atoms with Gasteiger partial charge in [0.1, 0.15) is 30.5 Å². The first-order valence-electron chi connectivity index (χ1n) is 7.06. The van der Waals surface area contributed by atoms with Crippen LogP contribution in [0.2, 0.25) is 0 Å². The molecule has 5 atom stereocenters. The summed E-state index contributed by atoms with van der Waals surface area (Å²) in [4.78, 5) is 0. The van der Waals surface area contributed by atoms with Crippen LogP contribution in [0.3, 0.4) is 0 Å². The molecule has 8 heteroatoms. The lowest BCUT2D eigenvalue weighted by Gasteiger charge is -2.37. The van der Waals surface area contributed by atoms with Gasteiger partial charge in [0.2, 0.25) is 0 Å². The summed E-state index contributed by atoms with van der Waals surface area (Å²) in [5.74, 6) is 5.54. The fraction of sp³-hybridized carbons (Fsp3) is 0.400. The molecule has 1 aromatic carbocycles. The second-order valence-electron chi connectivity index (χ2n) is 5.42. The SMILES string of the molecule is Nc1cc(C#C[C@H]2O[C@H](CO)[C@@H](O)[C@H](O)[C@@H]2O)c2[nH]ncc2c1. The summed E-state index contributed by atoms with van der Waals surface area (Å²) in [5.41, 5.74) is 7.57. The molecule has 23 heavy (non-hydrogen) atoms. The van der Waals surface area contributed by atoms with Crippen LogP contribution in [0.15, 0.2) is 18.3 Å². The van der Waals surface area contributed by atoms with Crippen molar-refractivity contribution in [1.29, 1.82) is 0 Å². The maximum Gasteiger partial charge on any atom is 0.147 e. The van der Waals surface area contributed by atoms with Crippen LogP contribution in [-0.2, 0) is 4.74 Å². The number of hydrogen-bond acceptors (Lipinski definition) is 7. The summed E-state index contributed by atoms with van der Waals surface area (Å²) >= 11 is 0. The summed E-state index contributed by atoms with van der Waals surface area (Å²) in [6.07, 6.45) is -4.66. The van der Waals surface area contributed by atoms with E-state index in [9.17, 15) is 15.3 Å². The summed E-state index contributed by atoms with van der Waals surface area (Å²) < 4.78 is 5.34. The average molecular weight is 319 g/mol. The van der Waals surface area contributed by atoms with E-state index in [-0.39, 0.29) is 0 Å². The van der Waals surface area contributed by atoms with E-state index in [1.54, 1.807) is 18.3 Å². The van der Waals surface area contributed by atoms with Gasteiger partial charge in [-0.3, -0.25) is 5.10 Å². The van der Waals surface area contributed by atoms with Crippen LogP contribution in [0.25, 0.3) is 10.9 Å². The number of rotatable bonds is 1. The summed E-state index contributed by atoms with van der Waals surface area (Å²) in [5, 5.41) is 46.1. The van der Waals surface area contributed by atoms with Crippen LogP contribution in [0, 0.1) is 11.8 Å². The molecule has 1 aromatic heterocycles. The van der Waals surface area contributed by atoms with Crippen molar-refractivity contribution in [3.8, 4) is 11.8 Å². The molecule has 0 radical (unpaired) electrons. The monoisotopic (exact) mass is 319 g/mol. The zero-order valence-corrected chi connectivity index (χ0v) is 12.0. The number of hydrogen-bond donors (Lipinski definition) is 6. The van der Waals surface area contributed by atoms with Gasteiger partial charge in [-0.25, -0.2) is 0 Å². The molecule has 122 valence electrons. The molecule has 8 nitrogen and oxygen atoms in total. The van der Waals surface area contributed by atoms with Gasteiger partial charge in [0.15, 0.2) is 0 Å². The number of aromatic amines is 1. The maximum atomic E-state index is 9.96. The molecule has 0 spiro atoms. The lowest BCUT2D eigenvalue weighted by atomic mass is 9.95. The fourth-order valence-corrected chi connectivity index (χ4v) is 2.55. The Bertz CT molecular complexity index is 763. The summed E-state index contributed by atoms with van der Waals surface area (Å²) in [7, 11) is 0. The molecule has 0 amide bonds. The van der Waals surface area contributed by atoms with E-state index in [0.29, 0.717) is 16.8 Å². The lowest BCUT2D eigenvalue weighted by Crippen LogP contribution is -2.58. The number of ether oxygens (including phenoxy) is 1. The van der Waals surface area contributed by atoms with Crippen LogP contribution < -0.4 is 5.73 Å². The van der Waals surface area contributed by atoms with Gasteiger partial charge < -0.3 is 30.9 Å². The molecule has 0 saturated carbocycles. The van der Waals surface area contributed by atoms with E-state index >= 15 is 0 Å². The third kappa shape index (κ3) is 2.88. The zero-order valence-electron chi connectivity index (χ0n) is 12.0. The predicted molar refractivity (Wildman–Crippen MR) is 81.2 cm³/mol. The molecule has 2 heterocycles. The minimum absolute atomic E-state index is 0.494. The van der Waals surface area contributed by atoms with Gasteiger partial charge in [-0.05, 0) is 12.1 Å². The maximum absolute atomic E-state index is 9.96. The van der Waals surface area contributed by atoms with Crippen LogP contribution >= 0.6 is 0 Å². The van der Waals surface area contributed by atoms with E-state index in [1.165, 1.54) is 0 Å². The quantitative estimate of drug-likeness (QED) is 0.272. The highest BCUT2D eigenvalue weighted by molar-refractivity contribution is 5.87. The first kappa shape index (κ1) is 15.7. The molecule has 0 aliphatic carbocycles. The number of nitrogens with one attached hydrogen (secondary N) is 1. The zero-order chi connectivity index (χ0) is 16.6. The number of nitrogen functional groups attached to an aromatic ring is 1. The number of nitrogens with two attached hydrogens (primary N) is 1. The van der Waals surface area contributed by atoms with Crippen LogP contribution in [0.5, 0.6) is 0 Å². The average Bonchev–Trinajstić information content (AvgIpc) is 3.00. The molecule has 3 rings (SSSR count). The number of aliphatic hydroxyl groups is 4. The molecule has 1 aliphatic heterocycles. The normalized spacial score (nSPS) is 30.9. The number of fused-ring (bicyclic) bond motifs is 1. The van der Waals surface area contributed by atoms with Crippen molar-refractivity contribution in [2.75, 3.05) is 12.3 Å². The van der Waals surface area contributed by atoms with Crippen molar-refractivity contribution in [2.45, 2.75) is 30.5 Å². The highest BCUT2D eigenvalue weighted by Crippen LogP contribution is 2.22. The number of anilines is 1. The van der Waals surface area contributed by atoms with Crippen molar-refractivity contribution in [3.05, 3.63) is 23.9 Å². The Kier molecular flexibility index (Phi) is 4.21.